The number of halogens is 1. The minimum absolute atomic E-state index is 0.288. The number of aliphatic carboxylic acids is 1. The summed E-state index contributed by atoms with van der Waals surface area (Å²) < 4.78 is 18.3. The van der Waals surface area contributed by atoms with Gasteiger partial charge in [-0.2, -0.15) is 0 Å². The molecule has 104 valence electrons. The third kappa shape index (κ3) is 5.52. The number of nitrogens with zero attached hydrogens (tertiary/aromatic N) is 1. The minimum atomic E-state index is -0.958. The van der Waals surface area contributed by atoms with Crippen molar-refractivity contribution in [3.63, 3.8) is 0 Å². The van der Waals surface area contributed by atoms with Gasteiger partial charge in [0.15, 0.2) is 0 Å². The van der Waals surface area contributed by atoms with Gasteiger partial charge in [0.2, 0.25) is 0 Å². The molecular weight excluding hydrogens is 249 g/mol. The molecule has 0 fully saturated rings. The summed E-state index contributed by atoms with van der Waals surface area (Å²) in [6, 6.07) is 4.43. The van der Waals surface area contributed by atoms with Crippen LogP contribution >= 0.6 is 0 Å². The van der Waals surface area contributed by atoms with Gasteiger partial charge < -0.3 is 14.7 Å². The zero-order valence-corrected chi connectivity index (χ0v) is 11.1. The van der Waals surface area contributed by atoms with E-state index >= 15 is 0 Å². The first kappa shape index (κ1) is 15.2. The molecule has 1 rings (SSSR count). The van der Waals surface area contributed by atoms with Crippen LogP contribution in [0.25, 0.3) is 0 Å². The van der Waals surface area contributed by atoms with Crippen molar-refractivity contribution in [1.82, 2.24) is 4.90 Å². The number of carbonyl (C=O) groups is 1. The van der Waals surface area contributed by atoms with Crippen LogP contribution in [0, 0.1) is 5.82 Å². The van der Waals surface area contributed by atoms with Crippen molar-refractivity contribution in [1.29, 1.82) is 0 Å². The number of hydrogen-bond acceptors (Lipinski definition) is 3. The summed E-state index contributed by atoms with van der Waals surface area (Å²) in [5.74, 6) is -0.583. The molecule has 1 aromatic rings. The molecule has 19 heavy (non-hydrogen) atoms. The third-order valence-electron chi connectivity index (χ3n) is 2.68. The summed E-state index contributed by atoms with van der Waals surface area (Å²) in [5, 5.41) is 8.47. The second kappa shape index (κ2) is 7.53. The first-order valence-electron chi connectivity index (χ1n) is 5.93. The van der Waals surface area contributed by atoms with Crippen molar-refractivity contribution in [2.75, 3.05) is 27.2 Å². The van der Waals surface area contributed by atoms with Crippen LogP contribution < -0.4 is 4.74 Å². The van der Waals surface area contributed by atoms with E-state index in [0.29, 0.717) is 25.3 Å². The number of carboxylic acids is 1. The number of carboxylic acid groups (broad SMARTS) is 1. The Bertz CT molecular complexity index is 460. The molecule has 5 heteroatoms. The maximum atomic E-state index is 13.2. The summed E-state index contributed by atoms with van der Waals surface area (Å²) in [7, 11) is 3.42. The molecule has 0 aromatic heterocycles. The van der Waals surface area contributed by atoms with Crippen molar-refractivity contribution in [2.24, 2.45) is 0 Å². The van der Waals surface area contributed by atoms with Crippen LogP contribution in [-0.4, -0.2) is 43.2 Å². The monoisotopic (exact) mass is 267 g/mol. The summed E-state index contributed by atoms with van der Waals surface area (Å²) in [4.78, 5) is 12.3. The number of likely N-dealkylation sites (N-methyl/N-ethyl adjacent to an activating group) is 1. The van der Waals surface area contributed by atoms with Crippen LogP contribution in [0.4, 0.5) is 4.39 Å². The zero-order valence-electron chi connectivity index (χ0n) is 11.1. The number of hydrogen-bond donors (Lipinski definition) is 1. The van der Waals surface area contributed by atoms with E-state index in [4.69, 9.17) is 9.84 Å². The molecule has 4 nitrogen and oxygen atoms in total. The van der Waals surface area contributed by atoms with E-state index < -0.39 is 5.97 Å². The fraction of sp³-hybridized carbons (Fsp3) is 0.357. The first-order chi connectivity index (χ1) is 9.02. The van der Waals surface area contributed by atoms with Gasteiger partial charge in [-0.25, -0.2) is 9.18 Å². The van der Waals surface area contributed by atoms with Gasteiger partial charge in [-0.1, -0.05) is 6.08 Å². The number of benzene rings is 1. The van der Waals surface area contributed by atoms with Gasteiger partial charge in [-0.15, -0.1) is 0 Å². The fourth-order valence-corrected chi connectivity index (χ4v) is 1.68. The highest BCUT2D eigenvalue weighted by Gasteiger charge is 2.06. The SMILES string of the molecule is COc1ccc(F)cc1CCN(C)C/C=C/C(=O)O. The van der Waals surface area contributed by atoms with E-state index in [9.17, 15) is 9.18 Å². The molecule has 0 bridgehead atoms. The number of methoxy groups -OCH3 is 1. The van der Waals surface area contributed by atoms with Gasteiger partial charge in [0.25, 0.3) is 0 Å². The van der Waals surface area contributed by atoms with Gasteiger partial charge in [0, 0.05) is 19.2 Å². The van der Waals surface area contributed by atoms with Crippen LogP contribution in [-0.2, 0) is 11.2 Å². The molecule has 0 aliphatic rings. The Balaban J connectivity index is 2.52. The summed E-state index contributed by atoms with van der Waals surface area (Å²) in [6.07, 6.45) is 3.32. The highest BCUT2D eigenvalue weighted by molar-refractivity contribution is 5.79. The Hall–Kier alpha value is -1.88. The smallest absolute Gasteiger partial charge is 0.328 e. The molecule has 0 radical (unpaired) electrons. The van der Waals surface area contributed by atoms with Crippen molar-refractivity contribution in [3.8, 4) is 5.75 Å². The summed E-state index contributed by atoms with van der Waals surface area (Å²) >= 11 is 0. The number of rotatable bonds is 7. The van der Waals surface area contributed by atoms with Crippen LogP contribution in [0.2, 0.25) is 0 Å². The van der Waals surface area contributed by atoms with Crippen molar-refractivity contribution in [3.05, 3.63) is 41.7 Å². The fourth-order valence-electron chi connectivity index (χ4n) is 1.68. The van der Waals surface area contributed by atoms with Crippen molar-refractivity contribution >= 4 is 5.97 Å². The molecule has 0 aliphatic heterocycles. The molecule has 1 aromatic carbocycles. The lowest BCUT2D eigenvalue weighted by molar-refractivity contribution is -0.131. The van der Waals surface area contributed by atoms with Crippen LogP contribution in [0.15, 0.2) is 30.4 Å². The van der Waals surface area contributed by atoms with Crippen LogP contribution in [0.3, 0.4) is 0 Å². The van der Waals surface area contributed by atoms with Gasteiger partial charge in [-0.3, -0.25) is 0 Å². The van der Waals surface area contributed by atoms with E-state index in [1.807, 2.05) is 11.9 Å². The van der Waals surface area contributed by atoms with Crippen LogP contribution in [0.1, 0.15) is 5.56 Å². The molecule has 0 unspecified atom stereocenters. The largest absolute Gasteiger partial charge is 0.496 e. The maximum Gasteiger partial charge on any atom is 0.328 e. The quantitative estimate of drug-likeness (QED) is 0.767. The lowest BCUT2D eigenvalue weighted by Crippen LogP contribution is -2.21. The predicted octanol–water partition coefficient (Wildman–Crippen LogP) is 1.95. The van der Waals surface area contributed by atoms with Crippen molar-refractivity contribution in [2.45, 2.75) is 6.42 Å². The molecule has 1 N–H and O–H groups in total. The Morgan fingerprint density at radius 1 is 1.53 bits per heavy atom. The van der Waals surface area contributed by atoms with E-state index in [2.05, 4.69) is 0 Å². The molecule has 0 spiro atoms. The van der Waals surface area contributed by atoms with Gasteiger partial charge >= 0.3 is 5.97 Å². The van der Waals surface area contributed by atoms with Gasteiger partial charge in [0.1, 0.15) is 11.6 Å². The topological polar surface area (TPSA) is 49.8 Å². The second-order valence-electron chi connectivity index (χ2n) is 4.21. The normalized spacial score (nSPS) is 11.2. The zero-order chi connectivity index (χ0) is 14.3. The van der Waals surface area contributed by atoms with Gasteiger partial charge in [-0.05, 0) is 37.2 Å². The average Bonchev–Trinajstić information content (AvgIpc) is 2.36. The lowest BCUT2D eigenvalue weighted by Gasteiger charge is -2.15. The van der Waals surface area contributed by atoms with Crippen molar-refractivity contribution < 1.29 is 19.0 Å². The number of ether oxygens (including phenoxy) is 1. The molecule has 0 aliphatic carbocycles. The van der Waals surface area contributed by atoms with Crippen LogP contribution in [0.5, 0.6) is 5.75 Å². The van der Waals surface area contributed by atoms with E-state index in [1.54, 1.807) is 19.3 Å². The Morgan fingerprint density at radius 3 is 2.89 bits per heavy atom. The third-order valence-corrected chi connectivity index (χ3v) is 2.68. The van der Waals surface area contributed by atoms with E-state index in [1.165, 1.54) is 12.1 Å². The summed E-state index contributed by atoms with van der Waals surface area (Å²) in [6.45, 7) is 1.22. The Labute approximate surface area is 112 Å². The Kier molecular flexibility index (Phi) is 6.02. The highest BCUT2D eigenvalue weighted by atomic mass is 19.1. The highest BCUT2D eigenvalue weighted by Crippen LogP contribution is 2.19. The first-order valence-corrected chi connectivity index (χ1v) is 5.93. The van der Waals surface area contributed by atoms with Gasteiger partial charge in [0.05, 0.1) is 7.11 Å². The van der Waals surface area contributed by atoms with E-state index in [0.717, 1.165) is 11.6 Å². The summed E-state index contributed by atoms with van der Waals surface area (Å²) in [5.41, 5.74) is 0.802. The molecule has 0 atom stereocenters. The molecular formula is C14H18FNO3. The molecule has 0 saturated carbocycles. The standard InChI is InChI=1S/C14H18FNO3/c1-16(8-3-4-14(17)18)9-7-11-10-12(15)5-6-13(11)19-2/h3-6,10H,7-9H2,1-2H3,(H,17,18)/b4-3+. The average molecular weight is 267 g/mol. The predicted molar refractivity (Wildman–Crippen MR) is 70.9 cm³/mol. The Morgan fingerprint density at radius 2 is 2.26 bits per heavy atom. The molecule has 0 saturated heterocycles. The second-order valence-corrected chi connectivity index (χ2v) is 4.21. The van der Waals surface area contributed by atoms with E-state index in [-0.39, 0.29) is 5.82 Å². The molecule has 0 amide bonds. The minimum Gasteiger partial charge on any atom is -0.496 e. The maximum absolute atomic E-state index is 13.2. The lowest BCUT2D eigenvalue weighted by atomic mass is 10.1. The molecule has 0 heterocycles.